The molecule has 0 N–H and O–H groups in total. The Labute approximate surface area is 218 Å². The minimum absolute atomic E-state index is 0.116. The van der Waals surface area contributed by atoms with Crippen molar-refractivity contribution >= 4 is 11.9 Å². The summed E-state index contributed by atoms with van der Waals surface area (Å²) in [5.41, 5.74) is 3.37. The van der Waals surface area contributed by atoms with Gasteiger partial charge in [-0.2, -0.15) is 0 Å². The molecule has 0 bridgehead atoms. The number of benzene rings is 4. The van der Waals surface area contributed by atoms with Crippen molar-refractivity contribution in [1.29, 1.82) is 0 Å². The standard InChI is InChI=1S/C32H31NO4/c1-24(26-17-9-4-10-18-26)33(23-25-15-7-3-8-16-25)29(27-19-11-5-12-20-27)30(32(35)36-2)37-31(34)28-21-13-6-14-22-28/h3-22,24,29-30H,23H2,1-2H3/t24?,29-,30-/m0/s1. The number of hydrogen-bond donors (Lipinski definition) is 0. The molecule has 4 aromatic rings. The van der Waals surface area contributed by atoms with Crippen LogP contribution < -0.4 is 0 Å². The lowest BCUT2D eigenvalue weighted by atomic mass is 9.94. The number of carbonyl (C=O) groups is 2. The van der Waals surface area contributed by atoms with Crippen LogP contribution in [0.2, 0.25) is 0 Å². The lowest BCUT2D eigenvalue weighted by Crippen LogP contribution is -2.44. The number of methoxy groups -OCH3 is 1. The number of rotatable bonds is 10. The molecule has 0 saturated heterocycles. The first kappa shape index (κ1) is 25.9. The summed E-state index contributed by atoms with van der Waals surface area (Å²) < 4.78 is 11.1. The Hall–Kier alpha value is -4.22. The van der Waals surface area contributed by atoms with Crippen molar-refractivity contribution in [2.24, 2.45) is 0 Å². The second kappa shape index (κ2) is 12.7. The highest BCUT2D eigenvalue weighted by Gasteiger charge is 2.40. The van der Waals surface area contributed by atoms with Gasteiger partial charge in [-0.3, -0.25) is 4.90 Å². The summed E-state index contributed by atoms with van der Waals surface area (Å²) >= 11 is 0. The first-order chi connectivity index (χ1) is 18.1. The van der Waals surface area contributed by atoms with Crippen molar-refractivity contribution in [3.8, 4) is 0 Å². The van der Waals surface area contributed by atoms with Gasteiger partial charge in [0.25, 0.3) is 0 Å². The van der Waals surface area contributed by atoms with Gasteiger partial charge in [0.05, 0.1) is 18.7 Å². The first-order valence-corrected chi connectivity index (χ1v) is 12.3. The number of esters is 2. The largest absolute Gasteiger partial charge is 0.466 e. The fraction of sp³-hybridized carbons (Fsp3) is 0.188. The third-order valence-corrected chi connectivity index (χ3v) is 6.45. The third-order valence-electron chi connectivity index (χ3n) is 6.45. The Morgan fingerprint density at radius 1 is 0.703 bits per heavy atom. The summed E-state index contributed by atoms with van der Waals surface area (Å²) in [6, 6.07) is 37.8. The Bertz CT molecular complexity index is 1260. The molecule has 5 nitrogen and oxygen atoms in total. The Morgan fingerprint density at radius 3 is 1.73 bits per heavy atom. The van der Waals surface area contributed by atoms with Crippen LogP contribution in [-0.2, 0) is 20.8 Å². The number of hydrogen-bond acceptors (Lipinski definition) is 5. The second-order valence-corrected chi connectivity index (χ2v) is 8.82. The molecule has 5 heteroatoms. The highest BCUT2D eigenvalue weighted by Crippen LogP contribution is 2.36. The molecule has 0 heterocycles. The fourth-order valence-electron chi connectivity index (χ4n) is 4.50. The van der Waals surface area contributed by atoms with Gasteiger partial charge in [0.2, 0.25) is 6.10 Å². The highest BCUT2D eigenvalue weighted by molar-refractivity contribution is 5.91. The van der Waals surface area contributed by atoms with E-state index in [-0.39, 0.29) is 6.04 Å². The van der Waals surface area contributed by atoms with Gasteiger partial charge in [0.1, 0.15) is 0 Å². The van der Waals surface area contributed by atoms with Crippen LogP contribution in [0.5, 0.6) is 0 Å². The lowest BCUT2D eigenvalue weighted by molar-refractivity contribution is -0.156. The maximum Gasteiger partial charge on any atom is 0.349 e. The average molecular weight is 494 g/mol. The van der Waals surface area contributed by atoms with E-state index < -0.39 is 24.1 Å². The summed E-state index contributed by atoms with van der Waals surface area (Å²) in [4.78, 5) is 28.7. The van der Waals surface area contributed by atoms with E-state index in [1.165, 1.54) is 7.11 Å². The van der Waals surface area contributed by atoms with E-state index in [2.05, 4.69) is 36.1 Å². The van der Waals surface area contributed by atoms with Gasteiger partial charge in [-0.15, -0.1) is 0 Å². The molecule has 0 radical (unpaired) electrons. The van der Waals surface area contributed by atoms with E-state index in [1.807, 2.05) is 72.8 Å². The van der Waals surface area contributed by atoms with E-state index >= 15 is 0 Å². The Balaban J connectivity index is 1.82. The first-order valence-electron chi connectivity index (χ1n) is 12.3. The van der Waals surface area contributed by atoms with Crippen LogP contribution in [-0.4, -0.2) is 30.1 Å². The smallest absolute Gasteiger partial charge is 0.349 e. The molecule has 1 unspecified atom stereocenters. The molecule has 4 rings (SSSR count). The number of carbonyl (C=O) groups excluding carboxylic acids is 2. The minimum Gasteiger partial charge on any atom is -0.466 e. The zero-order valence-electron chi connectivity index (χ0n) is 21.1. The van der Waals surface area contributed by atoms with Crippen LogP contribution in [0, 0.1) is 0 Å². The van der Waals surface area contributed by atoms with Crippen molar-refractivity contribution in [2.45, 2.75) is 31.7 Å². The summed E-state index contributed by atoms with van der Waals surface area (Å²) in [7, 11) is 1.32. The van der Waals surface area contributed by atoms with Gasteiger partial charge in [-0.05, 0) is 35.7 Å². The van der Waals surface area contributed by atoms with E-state index in [1.54, 1.807) is 24.3 Å². The molecule has 0 saturated carbocycles. The van der Waals surface area contributed by atoms with E-state index in [0.29, 0.717) is 12.1 Å². The van der Waals surface area contributed by atoms with Crippen molar-refractivity contribution in [1.82, 2.24) is 4.90 Å². The molecule has 0 spiro atoms. The molecule has 0 aliphatic heterocycles. The maximum absolute atomic E-state index is 13.3. The van der Waals surface area contributed by atoms with Crippen molar-refractivity contribution in [3.63, 3.8) is 0 Å². The summed E-state index contributed by atoms with van der Waals surface area (Å²) in [6.07, 6.45) is -1.20. The van der Waals surface area contributed by atoms with Crippen molar-refractivity contribution < 1.29 is 19.1 Å². The number of ether oxygens (including phenoxy) is 2. The van der Waals surface area contributed by atoms with Crippen LogP contribution in [0.4, 0.5) is 0 Å². The molecule has 3 atom stereocenters. The topological polar surface area (TPSA) is 55.8 Å². The summed E-state index contributed by atoms with van der Waals surface area (Å²) in [5, 5.41) is 0. The second-order valence-electron chi connectivity index (χ2n) is 8.82. The normalized spacial score (nSPS) is 13.4. The highest BCUT2D eigenvalue weighted by atomic mass is 16.6. The molecule has 0 aromatic heterocycles. The average Bonchev–Trinajstić information content (AvgIpc) is 2.97. The third kappa shape index (κ3) is 6.51. The van der Waals surface area contributed by atoms with Gasteiger partial charge in [0, 0.05) is 12.6 Å². The predicted molar refractivity (Wildman–Crippen MR) is 144 cm³/mol. The minimum atomic E-state index is -1.20. The van der Waals surface area contributed by atoms with Gasteiger partial charge < -0.3 is 9.47 Å². The van der Waals surface area contributed by atoms with Crippen LogP contribution in [0.1, 0.15) is 46.1 Å². The molecule has 0 aliphatic carbocycles. The van der Waals surface area contributed by atoms with E-state index in [0.717, 1.165) is 16.7 Å². The lowest BCUT2D eigenvalue weighted by Gasteiger charge is -2.40. The molecule has 188 valence electrons. The molecule has 37 heavy (non-hydrogen) atoms. The van der Waals surface area contributed by atoms with Crippen molar-refractivity contribution in [2.75, 3.05) is 7.11 Å². The maximum atomic E-state index is 13.3. The van der Waals surface area contributed by atoms with Crippen molar-refractivity contribution in [3.05, 3.63) is 144 Å². The van der Waals surface area contributed by atoms with Gasteiger partial charge in [0.15, 0.2) is 0 Å². The summed E-state index contributed by atoms with van der Waals surface area (Å²) in [6.45, 7) is 2.62. The molecule has 0 fully saturated rings. The molecule has 4 aromatic carbocycles. The van der Waals surface area contributed by atoms with E-state index in [9.17, 15) is 9.59 Å². The molecule has 0 aliphatic rings. The Kier molecular flexibility index (Phi) is 8.84. The van der Waals surface area contributed by atoms with Crippen LogP contribution >= 0.6 is 0 Å². The van der Waals surface area contributed by atoms with Gasteiger partial charge in [-0.1, -0.05) is 109 Å². The monoisotopic (exact) mass is 493 g/mol. The molecule has 0 amide bonds. The number of nitrogens with zero attached hydrogens (tertiary/aromatic N) is 1. The van der Waals surface area contributed by atoms with Crippen LogP contribution in [0.15, 0.2) is 121 Å². The zero-order chi connectivity index (χ0) is 26.0. The fourth-order valence-corrected chi connectivity index (χ4v) is 4.50. The van der Waals surface area contributed by atoms with Crippen LogP contribution in [0.25, 0.3) is 0 Å². The van der Waals surface area contributed by atoms with Crippen LogP contribution in [0.3, 0.4) is 0 Å². The van der Waals surface area contributed by atoms with Gasteiger partial charge >= 0.3 is 11.9 Å². The predicted octanol–water partition coefficient (Wildman–Crippen LogP) is 6.39. The van der Waals surface area contributed by atoms with E-state index in [4.69, 9.17) is 9.47 Å². The van der Waals surface area contributed by atoms with Gasteiger partial charge in [-0.25, -0.2) is 9.59 Å². The molecular weight excluding hydrogens is 462 g/mol. The SMILES string of the molecule is COC(=O)[C@@H](OC(=O)c1ccccc1)[C@H](c1ccccc1)N(Cc1ccccc1)C(C)c1ccccc1. The quantitative estimate of drug-likeness (QED) is 0.240. The molecular formula is C32H31NO4. The zero-order valence-corrected chi connectivity index (χ0v) is 21.1. The Morgan fingerprint density at radius 2 is 1.19 bits per heavy atom. The summed E-state index contributed by atoms with van der Waals surface area (Å²) in [5.74, 6) is -1.19.